The number of hydrogen-bond donors (Lipinski definition) is 1. The largest absolute Gasteiger partial charge is 0.492 e. The SMILES string of the molecule is CCOc1ccccc1N(CC(=O)NCCOc1ccc2ccccc2c1)S(=O)(=O)c1ccc(SC)cc1. The number of nitrogens with one attached hydrogen (secondary N) is 1. The van der Waals surface area contributed by atoms with Gasteiger partial charge in [-0.25, -0.2) is 8.42 Å². The number of nitrogens with zero attached hydrogens (tertiary/aromatic N) is 1. The number of fused-ring (bicyclic) bond motifs is 1. The fourth-order valence-corrected chi connectivity index (χ4v) is 5.76. The number of amides is 1. The summed E-state index contributed by atoms with van der Waals surface area (Å²) >= 11 is 1.52. The molecule has 0 spiro atoms. The molecule has 0 unspecified atom stereocenters. The van der Waals surface area contributed by atoms with E-state index >= 15 is 0 Å². The van der Waals surface area contributed by atoms with Crippen LogP contribution in [0.3, 0.4) is 0 Å². The lowest BCUT2D eigenvalue weighted by atomic mass is 10.1. The quantitative estimate of drug-likeness (QED) is 0.189. The summed E-state index contributed by atoms with van der Waals surface area (Å²) in [6.45, 7) is 2.22. The number of ether oxygens (including phenoxy) is 2. The number of thioether (sulfide) groups is 1. The van der Waals surface area contributed by atoms with Crippen molar-refractivity contribution in [2.45, 2.75) is 16.7 Å². The van der Waals surface area contributed by atoms with Crippen molar-refractivity contribution in [1.29, 1.82) is 0 Å². The van der Waals surface area contributed by atoms with E-state index in [1.165, 1.54) is 11.8 Å². The Kier molecular flexibility index (Phi) is 9.15. The monoisotopic (exact) mass is 550 g/mol. The molecule has 4 aromatic rings. The highest BCUT2D eigenvalue weighted by molar-refractivity contribution is 7.98. The molecule has 4 rings (SSSR count). The van der Waals surface area contributed by atoms with Crippen LogP contribution < -0.4 is 19.1 Å². The second-order valence-electron chi connectivity index (χ2n) is 8.30. The number of carbonyl (C=O) groups excluding carboxylic acids is 1. The van der Waals surface area contributed by atoms with Gasteiger partial charge >= 0.3 is 0 Å². The summed E-state index contributed by atoms with van der Waals surface area (Å²) in [7, 11) is -4.06. The fourth-order valence-electron chi connectivity index (χ4n) is 3.92. The fraction of sp³-hybridized carbons (Fsp3) is 0.207. The van der Waals surface area contributed by atoms with Crippen molar-refractivity contribution in [1.82, 2.24) is 5.32 Å². The highest BCUT2D eigenvalue weighted by atomic mass is 32.2. The smallest absolute Gasteiger partial charge is 0.264 e. The maximum atomic E-state index is 13.7. The lowest BCUT2D eigenvalue weighted by Gasteiger charge is -2.26. The number of rotatable bonds is 12. The zero-order valence-corrected chi connectivity index (χ0v) is 22.9. The van der Waals surface area contributed by atoms with Crippen molar-refractivity contribution >= 4 is 44.2 Å². The predicted octanol–water partition coefficient (Wildman–Crippen LogP) is 5.35. The summed E-state index contributed by atoms with van der Waals surface area (Å²) in [4.78, 5) is 14.0. The molecule has 0 bridgehead atoms. The maximum absolute atomic E-state index is 13.7. The molecule has 0 aliphatic heterocycles. The molecule has 0 saturated carbocycles. The number of carbonyl (C=O) groups is 1. The average molecular weight is 551 g/mol. The van der Waals surface area contributed by atoms with Crippen LogP contribution >= 0.6 is 11.8 Å². The number of benzene rings is 4. The first kappa shape index (κ1) is 27.3. The molecule has 0 heterocycles. The molecule has 198 valence electrons. The molecule has 1 N–H and O–H groups in total. The van der Waals surface area contributed by atoms with Crippen LogP contribution in [0.15, 0.2) is 101 Å². The van der Waals surface area contributed by atoms with Gasteiger partial charge in [-0.1, -0.05) is 42.5 Å². The summed E-state index contributed by atoms with van der Waals surface area (Å²) in [6, 6.07) is 27.2. The standard InChI is InChI=1S/C29H30N2O5S2/c1-3-35-28-11-7-6-10-27(28)31(38(33,34)26-16-14-25(37-2)15-17-26)21-29(32)30-18-19-36-24-13-12-22-8-4-5-9-23(22)20-24/h4-17,20H,3,18-19,21H2,1-2H3,(H,30,32). The molecule has 0 atom stereocenters. The topological polar surface area (TPSA) is 84.9 Å². The molecule has 0 saturated heterocycles. The molecule has 9 heteroatoms. The molecule has 0 aliphatic rings. The first-order chi connectivity index (χ1) is 18.4. The van der Waals surface area contributed by atoms with E-state index in [9.17, 15) is 13.2 Å². The van der Waals surface area contributed by atoms with Crippen LogP contribution in [0.4, 0.5) is 5.69 Å². The predicted molar refractivity (Wildman–Crippen MR) is 153 cm³/mol. The van der Waals surface area contributed by atoms with E-state index in [0.29, 0.717) is 23.8 Å². The molecular weight excluding hydrogens is 520 g/mol. The number of hydrogen-bond acceptors (Lipinski definition) is 6. The second kappa shape index (κ2) is 12.7. The van der Waals surface area contributed by atoms with Crippen LogP contribution in [-0.2, 0) is 14.8 Å². The van der Waals surface area contributed by atoms with Gasteiger partial charge in [-0.2, -0.15) is 0 Å². The summed E-state index contributed by atoms with van der Waals surface area (Å²) in [6.07, 6.45) is 1.92. The molecule has 0 aromatic heterocycles. The van der Waals surface area contributed by atoms with Crippen molar-refractivity contribution in [3.63, 3.8) is 0 Å². The van der Waals surface area contributed by atoms with E-state index in [0.717, 1.165) is 20.0 Å². The van der Waals surface area contributed by atoms with Gasteiger partial charge in [-0.15, -0.1) is 11.8 Å². The van der Waals surface area contributed by atoms with Crippen LogP contribution in [-0.4, -0.2) is 46.9 Å². The second-order valence-corrected chi connectivity index (χ2v) is 11.0. The Labute approximate surface area is 227 Å². The third-order valence-corrected chi connectivity index (χ3v) is 8.30. The van der Waals surface area contributed by atoms with Crippen LogP contribution in [0.5, 0.6) is 11.5 Å². The lowest BCUT2D eigenvalue weighted by molar-refractivity contribution is -0.119. The number of anilines is 1. The van der Waals surface area contributed by atoms with Crippen LogP contribution in [0.1, 0.15) is 6.92 Å². The molecule has 0 radical (unpaired) electrons. The van der Waals surface area contributed by atoms with Crippen molar-refractivity contribution in [3.8, 4) is 11.5 Å². The van der Waals surface area contributed by atoms with E-state index in [1.807, 2.05) is 55.6 Å². The van der Waals surface area contributed by atoms with Gasteiger partial charge in [0, 0.05) is 4.90 Å². The molecular formula is C29H30N2O5S2. The summed E-state index contributed by atoms with van der Waals surface area (Å²) < 4.78 is 40.0. The summed E-state index contributed by atoms with van der Waals surface area (Å²) in [5, 5.41) is 4.95. The minimum Gasteiger partial charge on any atom is -0.492 e. The van der Waals surface area contributed by atoms with Crippen molar-refractivity contribution in [3.05, 3.63) is 91.0 Å². The molecule has 0 fully saturated rings. The van der Waals surface area contributed by atoms with Gasteiger partial charge in [0.1, 0.15) is 24.7 Å². The van der Waals surface area contributed by atoms with Gasteiger partial charge in [0.2, 0.25) is 5.91 Å². The summed E-state index contributed by atoms with van der Waals surface area (Å²) in [5.74, 6) is 0.621. The third-order valence-electron chi connectivity index (χ3n) is 5.78. The Bertz CT molecular complexity index is 1490. The average Bonchev–Trinajstić information content (AvgIpc) is 2.94. The van der Waals surface area contributed by atoms with E-state index < -0.39 is 22.5 Å². The Morgan fingerprint density at radius 2 is 1.61 bits per heavy atom. The lowest BCUT2D eigenvalue weighted by Crippen LogP contribution is -2.42. The van der Waals surface area contributed by atoms with Gasteiger partial charge < -0.3 is 14.8 Å². The number of sulfonamides is 1. The molecule has 0 aliphatic carbocycles. The van der Waals surface area contributed by atoms with E-state index in [1.54, 1.807) is 48.5 Å². The zero-order chi connectivity index (χ0) is 27.0. The minimum absolute atomic E-state index is 0.0917. The Morgan fingerprint density at radius 3 is 2.34 bits per heavy atom. The molecule has 38 heavy (non-hydrogen) atoms. The summed E-state index contributed by atoms with van der Waals surface area (Å²) in [5.41, 5.74) is 0.297. The van der Waals surface area contributed by atoms with Crippen molar-refractivity contribution < 1.29 is 22.7 Å². The van der Waals surface area contributed by atoms with Crippen LogP contribution in [0.2, 0.25) is 0 Å². The Hall–Kier alpha value is -3.69. The Balaban J connectivity index is 1.47. The molecule has 4 aromatic carbocycles. The molecule has 1 amide bonds. The molecule has 7 nitrogen and oxygen atoms in total. The normalized spacial score (nSPS) is 11.2. The van der Waals surface area contributed by atoms with Crippen molar-refractivity contribution in [2.75, 3.05) is 36.9 Å². The number of para-hydroxylation sites is 2. The van der Waals surface area contributed by atoms with Gasteiger partial charge in [-0.3, -0.25) is 9.10 Å². The Morgan fingerprint density at radius 1 is 0.895 bits per heavy atom. The third kappa shape index (κ3) is 6.59. The van der Waals surface area contributed by atoms with E-state index in [-0.39, 0.29) is 18.0 Å². The first-order valence-corrected chi connectivity index (χ1v) is 14.9. The first-order valence-electron chi connectivity index (χ1n) is 12.2. The van der Waals surface area contributed by atoms with E-state index in [4.69, 9.17) is 9.47 Å². The van der Waals surface area contributed by atoms with E-state index in [2.05, 4.69) is 5.32 Å². The zero-order valence-electron chi connectivity index (χ0n) is 21.3. The minimum atomic E-state index is -4.06. The van der Waals surface area contributed by atoms with Crippen molar-refractivity contribution in [2.24, 2.45) is 0 Å². The highest BCUT2D eigenvalue weighted by Crippen LogP contribution is 2.33. The van der Waals surface area contributed by atoms with Crippen LogP contribution in [0, 0.1) is 0 Å². The highest BCUT2D eigenvalue weighted by Gasteiger charge is 2.29. The van der Waals surface area contributed by atoms with Gasteiger partial charge in [0.25, 0.3) is 10.0 Å². The van der Waals surface area contributed by atoms with Gasteiger partial charge in [0.15, 0.2) is 0 Å². The maximum Gasteiger partial charge on any atom is 0.264 e. The van der Waals surface area contributed by atoms with Crippen LogP contribution in [0.25, 0.3) is 10.8 Å². The van der Waals surface area contributed by atoms with Gasteiger partial charge in [0.05, 0.1) is 23.7 Å². The van der Waals surface area contributed by atoms with Gasteiger partial charge in [-0.05, 0) is 72.5 Å².